The molecule has 0 radical (unpaired) electrons. The van der Waals surface area contributed by atoms with Crippen molar-refractivity contribution in [1.29, 1.82) is 0 Å². The SMILES string of the molecule is Cc1ccc(NS(=O)(=O)c2ccc3c(c2)NC(=O)CO3)c(Cl)c1. The summed E-state index contributed by atoms with van der Waals surface area (Å²) in [6, 6.07) is 9.27. The molecule has 2 N–H and O–H groups in total. The van der Waals surface area contributed by atoms with Crippen LogP contribution < -0.4 is 14.8 Å². The maximum absolute atomic E-state index is 12.5. The minimum atomic E-state index is -3.84. The minimum Gasteiger partial charge on any atom is -0.482 e. The Morgan fingerprint density at radius 2 is 2.00 bits per heavy atom. The van der Waals surface area contributed by atoms with Crippen molar-refractivity contribution in [2.24, 2.45) is 0 Å². The van der Waals surface area contributed by atoms with Crippen LogP contribution in [0.5, 0.6) is 5.75 Å². The summed E-state index contributed by atoms with van der Waals surface area (Å²) in [6.45, 7) is 1.77. The number of carbonyl (C=O) groups is 1. The summed E-state index contributed by atoms with van der Waals surface area (Å²) in [5.74, 6) is 0.0958. The van der Waals surface area contributed by atoms with Gasteiger partial charge in [-0.15, -0.1) is 0 Å². The zero-order valence-corrected chi connectivity index (χ0v) is 13.7. The predicted octanol–water partition coefficient (Wildman–Crippen LogP) is 2.78. The van der Waals surface area contributed by atoms with Crippen LogP contribution in [0.15, 0.2) is 41.3 Å². The van der Waals surface area contributed by atoms with Gasteiger partial charge in [0.2, 0.25) is 0 Å². The molecule has 23 heavy (non-hydrogen) atoms. The van der Waals surface area contributed by atoms with Gasteiger partial charge in [-0.05, 0) is 42.8 Å². The van der Waals surface area contributed by atoms with Gasteiger partial charge in [0.15, 0.2) is 6.61 Å². The topological polar surface area (TPSA) is 84.5 Å². The average molecular weight is 353 g/mol. The number of ether oxygens (including phenoxy) is 1. The van der Waals surface area contributed by atoms with E-state index < -0.39 is 10.0 Å². The van der Waals surface area contributed by atoms with Crippen LogP contribution in [-0.4, -0.2) is 20.9 Å². The molecule has 0 aliphatic carbocycles. The van der Waals surface area contributed by atoms with Crippen molar-refractivity contribution >= 4 is 38.9 Å². The third-order valence-corrected chi connectivity index (χ3v) is 4.94. The highest BCUT2D eigenvalue weighted by atomic mass is 35.5. The summed E-state index contributed by atoms with van der Waals surface area (Å²) in [6.07, 6.45) is 0. The zero-order valence-electron chi connectivity index (χ0n) is 12.1. The van der Waals surface area contributed by atoms with Crippen LogP contribution in [0.3, 0.4) is 0 Å². The fourth-order valence-electron chi connectivity index (χ4n) is 2.14. The van der Waals surface area contributed by atoms with E-state index in [9.17, 15) is 13.2 Å². The normalized spacial score (nSPS) is 13.7. The molecule has 120 valence electrons. The number of carbonyl (C=O) groups excluding carboxylic acids is 1. The second kappa shape index (κ2) is 5.75. The van der Waals surface area contributed by atoms with Gasteiger partial charge < -0.3 is 10.1 Å². The van der Waals surface area contributed by atoms with Gasteiger partial charge >= 0.3 is 0 Å². The molecular formula is C15H13ClN2O4S. The van der Waals surface area contributed by atoms with E-state index in [0.717, 1.165) is 5.56 Å². The molecule has 0 bridgehead atoms. The molecule has 1 heterocycles. The van der Waals surface area contributed by atoms with Gasteiger partial charge in [0.05, 0.1) is 21.3 Å². The molecule has 6 nitrogen and oxygen atoms in total. The van der Waals surface area contributed by atoms with Crippen molar-refractivity contribution in [3.05, 3.63) is 47.0 Å². The molecule has 0 fully saturated rings. The van der Waals surface area contributed by atoms with Crippen molar-refractivity contribution in [3.63, 3.8) is 0 Å². The van der Waals surface area contributed by atoms with E-state index in [1.807, 2.05) is 6.92 Å². The van der Waals surface area contributed by atoms with E-state index in [2.05, 4.69) is 10.0 Å². The lowest BCUT2D eigenvalue weighted by molar-refractivity contribution is -0.118. The molecule has 1 aliphatic rings. The van der Waals surface area contributed by atoms with Crippen LogP contribution in [0.4, 0.5) is 11.4 Å². The van der Waals surface area contributed by atoms with Crippen molar-refractivity contribution in [2.45, 2.75) is 11.8 Å². The Morgan fingerprint density at radius 1 is 1.22 bits per heavy atom. The summed E-state index contributed by atoms with van der Waals surface area (Å²) < 4.78 is 32.6. The monoisotopic (exact) mass is 352 g/mol. The summed E-state index contributed by atoms with van der Waals surface area (Å²) in [4.78, 5) is 11.3. The number of rotatable bonds is 3. The first kappa shape index (κ1) is 15.6. The highest BCUT2D eigenvalue weighted by Gasteiger charge is 2.21. The summed E-state index contributed by atoms with van der Waals surface area (Å²) in [5.41, 5.74) is 1.53. The number of sulfonamides is 1. The molecule has 2 aromatic carbocycles. The third kappa shape index (κ3) is 3.25. The highest BCUT2D eigenvalue weighted by Crippen LogP contribution is 2.31. The van der Waals surface area contributed by atoms with E-state index in [1.54, 1.807) is 18.2 Å². The van der Waals surface area contributed by atoms with Gasteiger partial charge in [-0.1, -0.05) is 17.7 Å². The Labute approximate surface area is 138 Å². The first-order chi connectivity index (χ1) is 10.8. The number of anilines is 2. The van der Waals surface area contributed by atoms with Crippen LogP contribution >= 0.6 is 11.6 Å². The largest absolute Gasteiger partial charge is 0.482 e. The number of hydrogen-bond acceptors (Lipinski definition) is 4. The lowest BCUT2D eigenvalue weighted by atomic mass is 10.2. The first-order valence-corrected chi connectivity index (χ1v) is 8.57. The highest BCUT2D eigenvalue weighted by molar-refractivity contribution is 7.92. The molecule has 0 atom stereocenters. The second-order valence-corrected chi connectivity index (χ2v) is 7.17. The lowest BCUT2D eigenvalue weighted by Gasteiger charge is -2.18. The van der Waals surface area contributed by atoms with E-state index >= 15 is 0 Å². The summed E-state index contributed by atoms with van der Waals surface area (Å²) >= 11 is 6.05. The standard InChI is InChI=1S/C15H13ClN2O4S/c1-9-2-4-12(11(16)6-9)18-23(20,21)10-3-5-14-13(7-10)17-15(19)8-22-14/h2-7,18H,8H2,1H3,(H,17,19). The smallest absolute Gasteiger partial charge is 0.262 e. The van der Waals surface area contributed by atoms with Crippen LogP contribution in [0.25, 0.3) is 0 Å². The molecular weight excluding hydrogens is 340 g/mol. The number of halogens is 1. The quantitative estimate of drug-likeness (QED) is 0.889. The summed E-state index contributed by atoms with van der Waals surface area (Å²) in [5, 5.41) is 2.88. The van der Waals surface area contributed by atoms with Crippen molar-refractivity contribution in [2.75, 3.05) is 16.6 Å². The number of benzene rings is 2. The third-order valence-electron chi connectivity index (χ3n) is 3.26. The molecule has 2 aromatic rings. The van der Waals surface area contributed by atoms with Crippen LogP contribution in [0.2, 0.25) is 5.02 Å². The molecule has 0 aromatic heterocycles. The summed E-state index contributed by atoms with van der Waals surface area (Å²) in [7, 11) is -3.84. The number of fused-ring (bicyclic) bond motifs is 1. The Hall–Kier alpha value is -2.25. The fraction of sp³-hybridized carbons (Fsp3) is 0.133. The van der Waals surface area contributed by atoms with E-state index in [0.29, 0.717) is 16.5 Å². The fourth-order valence-corrected chi connectivity index (χ4v) is 3.58. The van der Waals surface area contributed by atoms with Gasteiger partial charge in [0.25, 0.3) is 15.9 Å². The Morgan fingerprint density at radius 3 is 2.74 bits per heavy atom. The van der Waals surface area contributed by atoms with Gasteiger partial charge in [-0.2, -0.15) is 0 Å². The Balaban J connectivity index is 1.93. The van der Waals surface area contributed by atoms with E-state index in [-0.39, 0.29) is 23.1 Å². The van der Waals surface area contributed by atoms with Crippen LogP contribution in [0.1, 0.15) is 5.56 Å². The second-order valence-electron chi connectivity index (χ2n) is 5.08. The van der Waals surface area contributed by atoms with E-state index in [4.69, 9.17) is 16.3 Å². The van der Waals surface area contributed by atoms with Gasteiger partial charge in [0, 0.05) is 0 Å². The maximum Gasteiger partial charge on any atom is 0.262 e. The number of hydrogen-bond donors (Lipinski definition) is 2. The Kier molecular flexibility index (Phi) is 3.91. The molecule has 8 heteroatoms. The van der Waals surface area contributed by atoms with Crippen LogP contribution in [0, 0.1) is 6.92 Å². The Bertz CT molecular complexity index is 896. The molecule has 1 aliphatic heterocycles. The molecule has 1 amide bonds. The molecule has 0 saturated heterocycles. The van der Waals surface area contributed by atoms with Gasteiger partial charge in [-0.3, -0.25) is 9.52 Å². The molecule has 0 spiro atoms. The average Bonchev–Trinajstić information content (AvgIpc) is 2.49. The van der Waals surface area contributed by atoms with E-state index in [1.165, 1.54) is 18.2 Å². The van der Waals surface area contributed by atoms with Gasteiger partial charge in [-0.25, -0.2) is 8.42 Å². The first-order valence-electron chi connectivity index (χ1n) is 6.71. The molecule has 0 unspecified atom stereocenters. The maximum atomic E-state index is 12.5. The van der Waals surface area contributed by atoms with Gasteiger partial charge in [0.1, 0.15) is 5.75 Å². The predicted molar refractivity (Wildman–Crippen MR) is 87.6 cm³/mol. The number of nitrogens with one attached hydrogen (secondary N) is 2. The number of aryl methyl sites for hydroxylation is 1. The molecule has 0 saturated carbocycles. The van der Waals surface area contributed by atoms with Crippen molar-refractivity contribution < 1.29 is 17.9 Å². The van der Waals surface area contributed by atoms with Crippen molar-refractivity contribution in [1.82, 2.24) is 0 Å². The lowest BCUT2D eigenvalue weighted by Crippen LogP contribution is -2.25. The van der Waals surface area contributed by atoms with Crippen molar-refractivity contribution in [3.8, 4) is 5.75 Å². The number of amides is 1. The van der Waals surface area contributed by atoms with Crippen LogP contribution in [-0.2, 0) is 14.8 Å². The zero-order chi connectivity index (χ0) is 16.6. The molecule has 3 rings (SSSR count). The minimum absolute atomic E-state index is 0.00121.